The summed E-state index contributed by atoms with van der Waals surface area (Å²) in [5, 5.41) is 4.36. The molecule has 2 aromatic heterocycles. The number of ether oxygens (including phenoxy) is 3. The molecule has 0 amide bonds. The van der Waals surface area contributed by atoms with Crippen LogP contribution in [0.2, 0.25) is 0 Å². The standard InChI is InChI=1S/C27H21N3O5S/c1-17(31)35-21-11-7-6-10-20(21)25-28-27-30(29-25)26(32)24(36-27)15-19-12-13-22(23(14-19)33-2)34-16-18-8-4-3-5-9-18/h3-15H,16H2,1-2H3/b24-15+. The number of benzene rings is 3. The van der Waals surface area contributed by atoms with Gasteiger partial charge in [-0.15, -0.1) is 5.10 Å². The van der Waals surface area contributed by atoms with E-state index in [1.54, 1.807) is 37.5 Å². The van der Waals surface area contributed by atoms with E-state index in [0.29, 0.717) is 44.7 Å². The first-order chi connectivity index (χ1) is 17.5. The summed E-state index contributed by atoms with van der Waals surface area (Å²) in [6.07, 6.45) is 1.76. The zero-order valence-electron chi connectivity index (χ0n) is 19.5. The lowest BCUT2D eigenvalue weighted by Crippen LogP contribution is -2.23. The van der Waals surface area contributed by atoms with Crippen molar-refractivity contribution >= 4 is 28.3 Å². The molecule has 0 N–H and O–H groups in total. The average Bonchev–Trinajstić information content (AvgIpc) is 3.42. The van der Waals surface area contributed by atoms with Gasteiger partial charge in [0.25, 0.3) is 5.56 Å². The van der Waals surface area contributed by atoms with Crippen LogP contribution >= 0.6 is 11.3 Å². The number of hydrogen-bond acceptors (Lipinski definition) is 8. The zero-order valence-corrected chi connectivity index (χ0v) is 20.3. The predicted molar refractivity (Wildman–Crippen MR) is 136 cm³/mol. The molecule has 0 radical (unpaired) electrons. The van der Waals surface area contributed by atoms with Gasteiger partial charge < -0.3 is 14.2 Å². The summed E-state index contributed by atoms with van der Waals surface area (Å²) in [5.41, 5.74) is 2.07. The van der Waals surface area contributed by atoms with Gasteiger partial charge in [0, 0.05) is 6.92 Å². The Bertz CT molecular complexity index is 1660. The second-order valence-corrected chi connectivity index (χ2v) is 8.83. The van der Waals surface area contributed by atoms with Crippen LogP contribution in [-0.4, -0.2) is 27.7 Å². The van der Waals surface area contributed by atoms with E-state index >= 15 is 0 Å². The summed E-state index contributed by atoms with van der Waals surface area (Å²) >= 11 is 1.22. The summed E-state index contributed by atoms with van der Waals surface area (Å²) in [6, 6.07) is 22.3. The van der Waals surface area contributed by atoms with Gasteiger partial charge in [-0.05, 0) is 41.5 Å². The summed E-state index contributed by atoms with van der Waals surface area (Å²) in [6.45, 7) is 1.74. The van der Waals surface area contributed by atoms with Gasteiger partial charge in [-0.2, -0.15) is 9.50 Å². The van der Waals surface area contributed by atoms with E-state index in [2.05, 4.69) is 10.1 Å². The van der Waals surface area contributed by atoms with Crippen LogP contribution in [0.3, 0.4) is 0 Å². The molecule has 180 valence electrons. The van der Waals surface area contributed by atoms with E-state index in [9.17, 15) is 9.59 Å². The molecule has 0 aliphatic carbocycles. The van der Waals surface area contributed by atoms with E-state index in [4.69, 9.17) is 14.2 Å². The molecule has 0 aliphatic heterocycles. The van der Waals surface area contributed by atoms with Crippen LogP contribution in [0.25, 0.3) is 22.4 Å². The smallest absolute Gasteiger partial charge is 0.308 e. The molecule has 36 heavy (non-hydrogen) atoms. The van der Waals surface area contributed by atoms with Crippen molar-refractivity contribution in [1.82, 2.24) is 14.6 Å². The van der Waals surface area contributed by atoms with E-state index < -0.39 is 5.97 Å². The molecule has 0 atom stereocenters. The lowest BCUT2D eigenvalue weighted by atomic mass is 10.2. The minimum Gasteiger partial charge on any atom is -0.493 e. The quantitative estimate of drug-likeness (QED) is 0.248. The zero-order chi connectivity index (χ0) is 25.1. The van der Waals surface area contributed by atoms with Crippen molar-refractivity contribution in [2.24, 2.45) is 0 Å². The van der Waals surface area contributed by atoms with Crippen LogP contribution in [0.1, 0.15) is 18.1 Å². The van der Waals surface area contributed by atoms with E-state index in [0.717, 1.165) is 11.1 Å². The maximum absolute atomic E-state index is 13.0. The van der Waals surface area contributed by atoms with Gasteiger partial charge in [-0.25, -0.2) is 0 Å². The maximum atomic E-state index is 13.0. The normalized spacial score (nSPS) is 11.6. The number of carbonyl (C=O) groups is 1. The number of aromatic nitrogens is 3. The van der Waals surface area contributed by atoms with Crippen LogP contribution in [0.4, 0.5) is 0 Å². The van der Waals surface area contributed by atoms with Gasteiger partial charge in [0.05, 0.1) is 17.2 Å². The Morgan fingerprint density at radius 1 is 1.00 bits per heavy atom. The molecule has 0 saturated heterocycles. The highest BCUT2D eigenvalue weighted by Crippen LogP contribution is 2.30. The summed E-state index contributed by atoms with van der Waals surface area (Å²) in [7, 11) is 1.58. The van der Waals surface area contributed by atoms with Crippen molar-refractivity contribution in [1.29, 1.82) is 0 Å². The molecular formula is C27H21N3O5S. The second-order valence-electron chi connectivity index (χ2n) is 7.82. The third-order valence-electron chi connectivity index (χ3n) is 5.29. The highest BCUT2D eigenvalue weighted by Gasteiger charge is 2.16. The van der Waals surface area contributed by atoms with Crippen LogP contribution in [0, 0.1) is 0 Å². The molecule has 0 saturated carbocycles. The molecule has 3 aromatic carbocycles. The van der Waals surface area contributed by atoms with Crippen LogP contribution in [0.15, 0.2) is 77.6 Å². The first-order valence-electron chi connectivity index (χ1n) is 11.1. The average molecular weight is 500 g/mol. The van der Waals surface area contributed by atoms with Gasteiger partial charge in [0.15, 0.2) is 17.3 Å². The summed E-state index contributed by atoms with van der Waals surface area (Å²) in [4.78, 5) is 29.4. The largest absolute Gasteiger partial charge is 0.493 e. The minimum atomic E-state index is -0.447. The van der Waals surface area contributed by atoms with Gasteiger partial charge in [0.2, 0.25) is 4.96 Å². The Morgan fingerprint density at radius 2 is 1.78 bits per heavy atom. The molecule has 0 unspecified atom stereocenters. The molecular weight excluding hydrogens is 478 g/mol. The number of para-hydroxylation sites is 1. The maximum Gasteiger partial charge on any atom is 0.308 e. The first-order valence-corrected chi connectivity index (χ1v) is 11.9. The summed E-state index contributed by atoms with van der Waals surface area (Å²) in [5.74, 6) is 1.37. The number of fused-ring (bicyclic) bond motifs is 1. The molecule has 0 spiro atoms. The number of nitrogens with zero attached hydrogens (tertiary/aromatic N) is 3. The SMILES string of the molecule is COc1cc(/C=c2/sc3nc(-c4ccccc4OC(C)=O)nn3c2=O)ccc1OCc1ccccc1. The minimum absolute atomic E-state index is 0.290. The lowest BCUT2D eigenvalue weighted by Gasteiger charge is -2.11. The third kappa shape index (κ3) is 4.82. The first kappa shape index (κ1) is 23.3. The highest BCUT2D eigenvalue weighted by molar-refractivity contribution is 7.15. The lowest BCUT2D eigenvalue weighted by molar-refractivity contribution is -0.131. The number of thiazole rings is 1. The van der Waals surface area contributed by atoms with Crippen molar-refractivity contribution in [2.75, 3.05) is 7.11 Å². The Hall–Kier alpha value is -4.50. The van der Waals surface area contributed by atoms with Gasteiger partial charge >= 0.3 is 5.97 Å². The Kier molecular flexibility index (Phi) is 6.46. The van der Waals surface area contributed by atoms with Gasteiger partial charge in [0.1, 0.15) is 12.4 Å². The summed E-state index contributed by atoms with van der Waals surface area (Å²) < 4.78 is 18.4. The number of esters is 1. The van der Waals surface area contributed by atoms with Crippen molar-refractivity contribution < 1.29 is 19.0 Å². The van der Waals surface area contributed by atoms with Crippen molar-refractivity contribution in [2.45, 2.75) is 13.5 Å². The van der Waals surface area contributed by atoms with Gasteiger partial charge in [-0.1, -0.05) is 59.9 Å². The van der Waals surface area contributed by atoms with E-state index in [-0.39, 0.29) is 5.56 Å². The van der Waals surface area contributed by atoms with E-state index in [1.165, 1.54) is 22.8 Å². The molecule has 0 fully saturated rings. The Balaban J connectivity index is 1.43. The van der Waals surface area contributed by atoms with Crippen molar-refractivity contribution in [3.05, 3.63) is 98.8 Å². The van der Waals surface area contributed by atoms with E-state index in [1.807, 2.05) is 48.5 Å². The molecule has 5 rings (SSSR count). The third-order valence-corrected chi connectivity index (χ3v) is 6.25. The fourth-order valence-corrected chi connectivity index (χ4v) is 4.53. The molecule has 8 nitrogen and oxygen atoms in total. The highest BCUT2D eigenvalue weighted by atomic mass is 32.1. The fourth-order valence-electron chi connectivity index (χ4n) is 3.62. The second kappa shape index (κ2) is 10.0. The number of hydrogen-bond donors (Lipinski definition) is 0. The fraction of sp³-hybridized carbons (Fsp3) is 0.111. The van der Waals surface area contributed by atoms with Crippen LogP contribution < -0.4 is 24.3 Å². The monoisotopic (exact) mass is 499 g/mol. The molecule has 2 heterocycles. The topological polar surface area (TPSA) is 92.0 Å². The number of methoxy groups -OCH3 is 1. The van der Waals surface area contributed by atoms with Crippen molar-refractivity contribution in [3.8, 4) is 28.6 Å². The van der Waals surface area contributed by atoms with Crippen LogP contribution in [0.5, 0.6) is 17.2 Å². The molecule has 9 heteroatoms. The number of rotatable bonds is 7. The molecule has 5 aromatic rings. The predicted octanol–water partition coefficient (Wildman–Crippen LogP) is 3.88. The number of carbonyl (C=O) groups excluding carboxylic acids is 1. The van der Waals surface area contributed by atoms with Gasteiger partial charge in [-0.3, -0.25) is 9.59 Å². The molecule has 0 bridgehead atoms. The van der Waals surface area contributed by atoms with Crippen LogP contribution in [-0.2, 0) is 11.4 Å². The Labute approximate surface area is 210 Å². The molecule has 0 aliphatic rings. The van der Waals surface area contributed by atoms with Crippen molar-refractivity contribution in [3.63, 3.8) is 0 Å². The Morgan fingerprint density at radius 3 is 2.53 bits per heavy atom.